The van der Waals surface area contributed by atoms with Gasteiger partial charge in [0.1, 0.15) is 5.75 Å². The van der Waals surface area contributed by atoms with Crippen molar-refractivity contribution in [2.24, 2.45) is 0 Å². The van der Waals surface area contributed by atoms with Crippen LogP contribution in [0.4, 0.5) is 11.4 Å². The van der Waals surface area contributed by atoms with Crippen LogP contribution in [-0.4, -0.2) is 26.1 Å². The lowest BCUT2D eigenvalue weighted by Gasteiger charge is -2.15. The van der Waals surface area contributed by atoms with Gasteiger partial charge in [0.2, 0.25) is 0 Å². The minimum absolute atomic E-state index is 0.244. The Morgan fingerprint density at radius 3 is 2.30 bits per heavy atom. The quantitative estimate of drug-likeness (QED) is 0.490. The van der Waals surface area contributed by atoms with Crippen molar-refractivity contribution in [2.75, 3.05) is 24.9 Å². The highest BCUT2D eigenvalue weighted by Gasteiger charge is 2.29. The van der Waals surface area contributed by atoms with E-state index in [0.29, 0.717) is 28.1 Å². The minimum atomic E-state index is -0.455. The van der Waals surface area contributed by atoms with Crippen LogP contribution in [0.15, 0.2) is 72.8 Å². The van der Waals surface area contributed by atoms with Gasteiger partial charge in [0.05, 0.1) is 36.7 Å². The van der Waals surface area contributed by atoms with E-state index in [2.05, 4.69) is 10.6 Å². The maximum Gasteiger partial charge on any atom is 0.337 e. The number of anilines is 2. The summed E-state index contributed by atoms with van der Waals surface area (Å²) in [6.07, 6.45) is 0. The minimum Gasteiger partial charge on any atom is -0.497 e. The summed E-state index contributed by atoms with van der Waals surface area (Å²) in [5.41, 5.74) is 4.52. The first-order valence-corrected chi connectivity index (χ1v) is 9.35. The molecule has 30 heavy (non-hydrogen) atoms. The Hall–Kier alpha value is -4.06. The van der Waals surface area contributed by atoms with E-state index in [9.17, 15) is 9.59 Å². The molecule has 0 aromatic heterocycles. The third kappa shape index (κ3) is 3.63. The lowest BCUT2D eigenvalue weighted by Crippen LogP contribution is -2.10. The van der Waals surface area contributed by atoms with Crippen LogP contribution in [0.1, 0.15) is 21.5 Å². The van der Waals surface area contributed by atoms with Crippen LogP contribution >= 0.6 is 0 Å². The Bertz CT molecular complexity index is 1140. The largest absolute Gasteiger partial charge is 0.497 e. The summed E-state index contributed by atoms with van der Waals surface area (Å²) in [5, 5.41) is 6.24. The molecular weight excluding hydrogens is 380 g/mol. The van der Waals surface area contributed by atoms with E-state index in [1.165, 1.54) is 7.11 Å². The smallest absolute Gasteiger partial charge is 0.337 e. The molecule has 2 N–H and O–H groups in total. The molecular formula is C24H20N2O4. The maximum absolute atomic E-state index is 12.9. The van der Waals surface area contributed by atoms with Gasteiger partial charge >= 0.3 is 5.97 Å². The molecule has 0 saturated heterocycles. The summed E-state index contributed by atoms with van der Waals surface area (Å²) < 4.78 is 10.00. The van der Waals surface area contributed by atoms with E-state index in [4.69, 9.17) is 9.47 Å². The first kappa shape index (κ1) is 19.3. The van der Waals surface area contributed by atoms with Crippen molar-refractivity contribution in [2.45, 2.75) is 0 Å². The van der Waals surface area contributed by atoms with Gasteiger partial charge in [-0.15, -0.1) is 0 Å². The Kier molecular flexibility index (Phi) is 5.22. The molecule has 6 heteroatoms. The van der Waals surface area contributed by atoms with Crippen molar-refractivity contribution >= 4 is 34.5 Å². The number of ether oxygens (including phenoxy) is 2. The fourth-order valence-electron chi connectivity index (χ4n) is 3.37. The summed E-state index contributed by atoms with van der Waals surface area (Å²) in [6, 6.07) is 22.1. The van der Waals surface area contributed by atoms with Crippen LogP contribution in [0.2, 0.25) is 0 Å². The molecule has 0 aliphatic carbocycles. The first-order chi connectivity index (χ1) is 14.6. The van der Waals surface area contributed by atoms with Crippen LogP contribution in [0.5, 0.6) is 5.75 Å². The van der Waals surface area contributed by atoms with Crippen molar-refractivity contribution in [1.82, 2.24) is 0 Å². The van der Waals surface area contributed by atoms with E-state index in [0.717, 1.165) is 17.0 Å². The van der Waals surface area contributed by atoms with Crippen molar-refractivity contribution in [3.63, 3.8) is 0 Å². The number of esters is 1. The van der Waals surface area contributed by atoms with Crippen LogP contribution in [-0.2, 0) is 9.53 Å². The third-order valence-electron chi connectivity index (χ3n) is 4.86. The van der Waals surface area contributed by atoms with Crippen molar-refractivity contribution in [3.8, 4) is 5.75 Å². The molecule has 6 nitrogen and oxygen atoms in total. The standard InChI is InChI=1S/C24H20N2O4/c1-29-18-11-9-17(10-12-18)25-22(15-6-4-3-5-7-15)21-19-13-8-16(24(28)30-2)14-20(19)26-23(21)27/h3-14,25H,1-2H3,(H,26,27)/b22-21-. The van der Waals surface area contributed by atoms with Gasteiger partial charge in [-0.05, 0) is 42.0 Å². The second-order valence-corrected chi connectivity index (χ2v) is 6.68. The fraction of sp³-hybridized carbons (Fsp3) is 0.0833. The number of hydrogen-bond donors (Lipinski definition) is 2. The molecule has 1 aliphatic heterocycles. The van der Waals surface area contributed by atoms with Crippen molar-refractivity contribution in [3.05, 3.63) is 89.5 Å². The predicted octanol–water partition coefficient (Wildman–Crippen LogP) is 4.41. The fourth-order valence-corrected chi connectivity index (χ4v) is 3.37. The molecule has 0 bridgehead atoms. The molecule has 0 unspecified atom stereocenters. The molecule has 0 fully saturated rings. The number of benzene rings is 3. The Balaban J connectivity index is 1.84. The van der Waals surface area contributed by atoms with Gasteiger partial charge in [-0.25, -0.2) is 4.79 Å². The average Bonchev–Trinajstić information content (AvgIpc) is 3.12. The molecule has 0 saturated carbocycles. The van der Waals surface area contributed by atoms with Gasteiger partial charge in [-0.2, -0.15) is 0 Å². The summed E-state index contributed by atoms with van der Waals surface area (Å²) in [6.45, 7) is 0. The van der Waals surface area contributed by atoms with Crippen LogP contribution in [0.25, 0.3) is 11.3 Å². The number of methoxy groups -OCH3 is 2. The molecule has 3 aromatic carbocycles. The van der Waals surface area contributed by atoms with Gasteiger partial charge < -0.3 is 20.1 Å². The van der Waals surface area contributed by atoms with E-state index in [1.54, 1.807) is 25.3 Å². The topological polar surface area (TPSA) is 76.7 Å². The SMILES string of the molecule is COC(=O)c1ccc2c(c1)NC(=O)/C2=C(\Nc1ccc(OC)cc1)c1ccccc1. The molecule has 0 spiro atoms. The van der Waals surface area contributed by atoms with Gasteiger partial charge in [-0.3, -0.25) is 4.79 Å². The Labute approximate surface area is 174 Å². The molecule has 1 aliphatic rings. The summed E-state index contributed by atoms with van der Waals surface area (Å²) in [4.78, 5) is 24.8. The third-order valence-corrected chi connectivity index (χ3v) is 4.86. The second kappa shape index (κ2) is 8.13. The lowest BCUT2D eigenvalue weighted by atomic mass is 9.99. The maximum atomic E-state index is 12.9. The van der Waals surface area contributed by atoms with Gasteiger partial charge in [-0.1, -0.05) is 36.4 Å². The lowest BCUT2D eigenvalue weighted by molar-refractivity contribution is -0.110. The summed E-state index contributed by atoms with van der Waals surface area (Å²) in [5.74, 6) is 0.0461. The van der Waals surface area contributed by atoms with Crippen LogP contribution in [0.3, 0.4) is 0 Å². The average molecular weight is 400 g/mol. The van der Waals surface area contributed by atoms with E-state index in [-0.39, 0.29) is 5.91 Å². The number of rotatable bonds is 5. The zero-order valence-corrected chi connectivity index (χ0v) is 16.6. The van der Waals surface area contributed by atoms with Crippen LogP contribution < -0.4 is 15.4 Å². The first-order valence-electron chi connectivity index (χ1n) is 9.35. The highest BCUT2D eigenvalue weighted by molar-refractivity contribution is 6.37. The Morgan fingerprint density at radius 2 is 1.63 bits per heavy atom. The predicted molar refractivity (Wildman–Crippen MR) is 116 cm³/mol. The number of nitrogens with one attached hydrogen (secondary N) is 2. The molecule has 4 rings (SSSR count). The molecule has 150 valence electrons. The summed E-state index contributed by atoms with van der Waals surface area (Å²) >= 11 is 0. The molecule has 0 radical (unpaired) electrons. The molecule has 0 atom stereocenters. The number of fused-ring (bicyclic) bond motifs is 1. The highest BCUT2D eigenvalue weighted by Crippen LogP contribution is 2.38. The van der Waals surface area contributed by atoms with Gasteiger partial charge in [0, 0.05) is 11.3 Å². The van der Waals surface area contributed by atoms with Crippen molar-refractivity contribution in [1.29, 1.82) is 0 Å². The van der Waals surface area contributed by atoms with Crippen molar-refractivity contribution < 1.29 is 19.1 Å². The number of carbonyl (C=O) groups excluding carboxylic acids is 2. The van der Waals surface area contributed by atoms with Gasteiger partial charge in [0.25, 0.3) is 5.91 Å². The normalized spacial score (nSPS) is 13.9. The highest BCUT2D eigenvalue weighted by atomic mass is 16.5. The second-order valence-electron chi connectivity index (χ2n) is 6.68. The number of carbonyl (C=O) groups is 2. The number of hydrogen-bond acceptors (Lipinski definition) is 5. The van der Waals surface area contributed by atoms with Crippen LogP contribution in [0, 0.1) is 0 Å². The zero-order valence-electron chi connectivity index (χ0n) is 16.6. The van der Waals surface area contributed by atoms with Gasteiger partial charge in [0.15, 0.2) is 0 Å². The summed E-state index contributed by atoms with van der Waals surface area (Å²) in [7, 11) is 2.94. The van der Waals surface area contributed by atoms with E-state index < -0.39 is 5.97 Å². The Morgan fingerprint density at radius 1 is 0.900 bits per heavy atom. The molecule has 3 aromatic rings. The molecule has 1 heterocycles. The number of amides is 1. The van der Waals surface area contributed by atoms with E-state index >= 15 is 0 Å². The zero-order chi connectivity index (χ0) is 21.1. The monoisotopic (exact) mass is 400 g/mol. The van der Waals surface area contributed by atoms with E-state index in [1.807, 2.05) is 54.6 Å². The molecule has 1 amide bonds.